The van der Waals surface area contributed by atoms with Crippen molar-refractivity contribution in [2.45, 2.75) is 0 Å². The highest BCUT2D eigenvalue weighted by atomic mass is 35.5. The Morgan fingerprint density at radius 2 is 2.06 bits per heavy atom. The van der Waals surface area contributed by atoms with Crippen molar-refractivity contribution in [2.75, 3.05) is 5.32 Å². The molecular weight excluding hydrogens is 317 g/mol. The van der Waals surface area contributed by atoms with Crippen LogP contribution >= 0.6 is 45.9 Å². The van der Waals surface area contributed by atoms with Gasteiger partial charge in [-0.2, -0.15) is 0 Å². The van der Waals surface area contributed by atoms with Gasteiger partial charge in [0.15, 0.2) is 0 Å². The maximum absolute atomic E-state index is 11.9. The van der Waals surface area contributed by atoms with Crippen LogP contribution < -0.4 is 5.32 Å². The van der Waals surface area contributed by atoms with Crippen molar-refractivity contribution >= 4 is 63.4 Å². The lowest BCUT2D eigenvalue weighted by Gasteiger charge is -2.02. The molecule has 0 unspecified atom stereocenters. The van der Waals surface area contributed by atoms with E-state index < -0.39 is 11.9 Å². The van der Waals surface area contributed by atoms with Crippen LogP contribution in [0.15, 0.2) is 17.5 Å². The lowest BCUT2D eigenvalue weighted by Crippen LogP contribution is -2.13. The number of nitrogens with one attached hydrogen (secondary N) is 1. The summed E-state index contributed by atoms with van der Waals surface area (Å²) < 4.78 is 0.793. The third kappa shape index (κ3) is 2.67. The van der Waals surface area contributed by atoms with Crippen molar-refractivity contribution in [2.24, 2.45) is 0 Å². The summed E-state index contributed by atoms with van der Waals surface area (Å²) in [7, 11) is 0. The molecule has 0 aromatic carbocycles. The minimum absolute atomic E-state index is 0.0325. The van der Waals surface area contributed by atoms with Crippen molar-refractivity contribution < 1.29 is 14.7 Å². The van der Waals surface area contributed by atoms with Crippen LogP contribution in [0.4, 0.5) is 5.69 Å². The van der Waals surface area contributed by atoms with E-state index in [0.717, 1.165) is 22.7 Å². The maximum atomic E-state index is 11.9. The number of halogens is 2. The number of aromatic carboxylic acids is 1. The van der Waals surface area contributed by atoms with Gasteiger partial charge in [0.2, 0.25) is 0 Å². The first kappa shape index (κ1) is 13.4. The van der Waals surface area contributed by atoms with Gasteiger partial charge in [-0.25, -0.2) is 4.79 Å². The average Bonchev–Trinajstić information content (AvgIpc) is 2.86. The molecule has 2 aromatic heterocycles. The Labute approximate surface area is 120 Å². The molecule has 0 fully saturated rings. The monoisotopic (exact) mass is 321 g/mol. The molecule has 1 amide bonds. The molecule has 2 heterocycles. The summed E-state index contributed by atoms with van der Waals surface area (Å²) in [6, 6.07) is 2.89. The van der Waals surface area contributed by atoms with Gasteiger partial charge in [0.25, 0.3) is 5.91 Å². The first-order valence-corrected chi connectivity index (χ1v) is 7.01. The SMILES string of the molecule is O=C(O)c1ccsc1C(=O)Nc1cc(Cl)sc1Cl. The lowest BCUT2D eigenvalue weighted by molar-refractivity contribution is 0.0693. The minimum Gasteiger partial charge on any atom is -0.478 e. The Balaban J connectivity index is 2.25. The molecule has 94 valence electrons. The normalized spacial score (nSPS) is 10.3. The fourth-order valence-electron chi connectivity index (χ4n) is 1.26. The highest BCUT2D eigenvalue weighted by molar-refractivity contribution is 7.20. The fraction of sp³-hybridized carbons (Fsp3) is 0. The van der Waals surface area contributed by atoms with Gasteiger partial charge in [-0.3, -0.25) is 4.79 Å². The first-order chi connectivity index (χ1) is 8.49. The van der Waals surface area contributed by atoms with Crippen LogP contribution in [0.5, 0.6) is 0 Å². The number of carboxylic acids is 1. The predicted octanol–water partition coefficient (Wildman–Crippen LogP) is 4.07. The van der Waals surface area contributed by atoms with E-state index >= 15 is 0 Å². The number of amides is 1. The van der Waals surface area contributed by atoms with E-state index in [4.69, 9.17) is 28.3 Å². The summed E-state index contributed by atoms with van der Waals surface area (Å²) in [6.45, 7) is 0. The van der Waals surface area contributed by atoms with Gasteiger partial charge in [0.05, 0.1) is 15.6 Å². The Kier molecular flexibility index (Phi) is 3.91. The molecule has 0 aliphatic rings. The molecule has 0 aliphatic carbocycles. The number of thiophene rings is 2. The van der Waals surface area contributed by atoms with Crippen molar-refractivity contribution in [1.82, 2.24) is 0 Å². The molecule has 2 aromatic rings. The highest BCUT2D eigenvalue weighted by Crippen LogP contribution is 2.35. The number of carbonyl (C=O) groups excluding carboxylic acids is 1. The lowest BCUT2D eigenvalue weighted by atomic mass is 10.2. The quantitative estimate of drug-likeness (QED) is 0.895. The van der Waals surface area contributed by atoms with E-state index in [1.807, 2.05) is 0 Å². The molecule has 18 heavy (non-hydrogen) atoms. The Morgan fingerprint density at radius 1 is 1.33 bits per heavy atom. The van der Waals surface area contributed by atoms with Gasteiger partial charge < -0.3 is 10.4 Å². The zero-order chi connectivity index (χ0) is 13.3. The largest absolute Gasteiger partial charge is 0.478 e. The van der Waals surface area contributed by atoms with Gasteiger partial charge in [-0.05, 0) is 17.5 Å². The molecule has 0 spiro atoms. The second-order valence-corrected chi connectivity index (χ2v) is 6.36. The second-order valence-electron chi connectivity index (χ2n) is 3.16. The average molecular weight is 322 g/mol. The zero-order valence-electron chi connectivity index (χ0n) is 8.57. The van der Waals surface area contributed by atoms with Crippen molar-refractivity contribution in [3.05, 3.63) is 36.6 Å². The molecule has 0 aliphatic heterocycles. The second kappa shape index (κ2) is 5.27. The van der Waals surface area contributed by atoms with Crippen molar-refractivity contribution in [3.8, 4) is 0 Å². The van der Waals surface area contributed by atoms with E-state index in [-0.39, 0.29) is 10.4 Å². The fourth-order valence-corrected chi connectivity index (χ4v) is 3.42. The number of hydrogen-bond donors (Lipinski definition) is 2. The van der Waals surface area contributed by atoms with E-state index in [1.54, 1.807) is 5.38 Å². The predicted molar refractivity (Wildman–Crippen MR) is 73.6 cm³/mol. The summed E-state index contributed by atoms with van der Waals surface area (Å²) in [5.74, 6) is -1.66. The van der Waals surface area contributed by atoms with E-state index in [1.165, 1.54) is 12.1 Å². The standard InChI is InChI=1S/C10H5Cl2NO3S2/c11-6-3-5(8(12)18-6)13-9(14)7-4(10(15)16)1-2-17-7/h1-3H,(H,13,14)(H,15,16). The third-order valence-electron chi connectivity index (χ3n) is 2.01. The number of hydrogen-bond acceptors (Lipinski definition) is 4. The molecule has 0 saturated heterocycles. The molecule has 8 heteroatoms. The molecule has 0 radical (unpaired) electrons. The zero-order valence-corrected chi connectivity index (χ0v) is 11.7. The highest BCUT2D eigenvalue weighted by Gasteiger charge is 2.19. The molecule has 0 atom stereocenters. The van der Waals surface area contributed by atoms with E-state index in [9.17, 15) is 9.59 Å². The van der Waals surface area contributed by atoms with Gasteiger partial charge >= 0.3 is 5.97 Å². The van der Waals surface area contributed by atoms with Gasteiger partial charge in [0, 0.05) is 0 Å². The Morgan fingerprint density at radius 3 is 2.61 bits per heavy atom. The van der Waals surface area contributed by atoms with Gasteiger partial charge in [-0.1, -0.05) is 23.2 Å². The summed E-state index contributed by atoms with van der Waals surface area (Å²) >= 11 is 13.8. The molecule has 0 bridgehead atoms. The van der Waals surface area contributed by atoms with Gasteiger partial charge in [0.1, 0.15) is 9.21 Å². The minimum atomic E-state index is -1.14. The van der Waals surface area contributed by atoms with Crippen LogP contribution in [0.1, 0.15) is 20.0 Å². The third-order valence-corrected chi connectivity index (χ3v) is 4.41. The van der Waals surface area contributed by atoms with Crippen molar-refractivity contribution in [1.29, 1.82) is 0 Å². The number of rotatable bonds is 3. The number of carbonyl (C=O) groups is 2. The molecule has 2 rings (SSSR count). The first-order valence-electron chi connectivity index (χ1n) is 4.56. The summed E-state index contributed by atoms with van der Waals surface area (Å²) in [4.78, 5) is 22.9. The summed E-state index contributed by atoms with van der Waals surface area (Å²) in [5, 5.41) is 13.0. The smallest absolute Gasteiger partial charge is 0.337 e. The maximum Gasteiger partial charge on any atom is 0.337 e. The number of anilines is 1. The van der Waals surface area contributed by atoms with Crippen LogP contribution in [0.25, 0.3) is 0 Å². The van der Waals surface area contributed by atoms with Crippen LogP contribution in [-0.4, -0.2) is 17.0 Å². The molecule has 4 nitrogen and oxygen atoms in total. The molecule has 0 saturated carbocycles. The van der Waals surface area contributed by atoms with E-state index in [0.29, 0.717) is 14.4 Å². The van der Waals surface area contributed by atoms with Gasteiger partial charge in [-0.15, -0.1) is 22.7 Å². The molecule has 2 N–H and O–H groups in total. The Hall–Kier alpha value is -1.08. The number of carboxylic acid groups (broad SMARTS) is 1. The van der Waals surface area contributed by atoms with Crippen LogP contribution in [-0.2, 0) is 0 Å². The van der Waals surface area contributed by atoms with Crippen LogP contribution in [0.3, 0.4) is 0 Å². The van der Waals surface area contributed by atoms with Crippen LogP contribution in [0.2, 0.25) is 8.67 Å². The summed E-state index contributed by atoms with van der Waals surface area (Å²) in [6.07, 6.45) is 0. The molecular formula is C10H5Cl2NO3S2. The van der Waals surface area contributed by atoms with E-state index in [2.05, 4.69) is 5.32 Å². The topological polar surface area (TPSA) is 66.4 Å². The Bertz CT molecular complexity index is 620. The summed E-state index contributed by atoms with van der Waals surface area (Å²) in [5.41, 5.74) is 0.344. The van der Waals surface area contributed by atoms with Crippen molar-refractivity contribution in [3.63, 3.8) is 0 Å². The van der Waals surface area contributed by atoms with Crippen LogP contribution in [0, 0.1) is 0 Å².